The normalized spacial score (nSPS) is 48.0. The maximum atomic E-state index is 6.36. The van der Waals surface area contributed by atoms with Gasteiger partial charge in [0.15, 0.2) is 0 Å². The van der Waals surface area contributed by atoms with E-state index in [1.165, 1.54) is 38.8 Å². The summed E-state index contributed by atoms with van der Waals surface area (Å²) in [6.07, 6.45) is 5.61. The van der Waals surface area contributed by atoms with Crippen molar-refractivity contribution in [2.24, 2.45) is 23.0 Å². The summed E-state index contributed by atoms with van der Waals surface area (Å²) in [5.41, 5.74) is 6.93. The molecule has 74 valence electrons. The van der Waals surface area contributed by atoms with Gasteiger partial charge < -0.3 is 10.6 Å². The van der Waals surface area contributed by atoms with E-state index in [1.54, 1.807) is 0 Å². The number of rotatable bonds is 0. The molecule has 1 aliphatic heterocycles. The van der Waals surface area contributed by atoms with Crippen molar-refractivity contribution in [2.45, 2.75) is 31.7 Å². The first-order valence-corrected chi connectivity index (χ1v) is 5.65. The van der Waals surface area contributed by atoms with E-state index in [1.807, 2.05) is 0 Å². The highest BCUT2D eigenvalue weighted by molar-refractivity contribution is 5.12. The van der Waals surface area contributed by atoms with Gasteiger partial charge in [0.25, 0.3) is 0 Å². The first-order valence-electron chi connectivity index (χ1n) is 5.65. The average molecular weight is 180 g/mol. The molecule has 0 bridgehead atoms. The molecule has 3 fully saturated rings. The molecular formula is C11H20N2. The number of hydrogen-bond donors (Lipinski definition) is 1. The summed E-state index contributed by atoms with van der Waals surface area (Å²) in [6, 6.07) is 0.547. The summed E-state index contributed by atoms with van der Waals surface area (Å²) in [6.45, 7) is 2.54. The van der Waals surface area contributed by atoms with Crippen molar-refractivity contribution in [3.63, 3.8) is 0 Å². The molecule has 3 unspecified atom stereocenters. The Morgan fingerprint density at radius 2 is 2.00 bits per heavy atom. The highest BCUT2D eigenvalue weighted by Crippen LogP contribution is 2.62. The van der Waals surface area contributed by atoms with Gasteiger partial charge in [0.1, 0.15) is 0 Å². The summed E-state index contributed by atoms with van der Waals surface area (Å²) in [5, 5.41) is 0. The molecule has 3 aliphatic rings. The molecule has 13 heavy (non-hydrogen) atoms. The van der Waals surface area contributed by atoms with Crippen LogP contribution in [0.25, 0.3) is 0 Å². The predicted octanol–water partition coefficient (Wildman–Crippen LogP) is 1.07. The fraction of sp³-hybridized carbons (Fsp3) is 1.00. The topological polar surface area (TPSA) is 29.3 Å². The lowest BCUT2D eigenvalue weighted by Gasteiger charge is -2.42. The largest absolute Gasteiger partial charge is 0.327 e. The SMILES string of the molecule is CN1CCC2(CC1)CC1CC1C2N. The smallest absolute Gasteiger partial charge is 0.0128 e. The van der Waals surface area contributed by atoms with Gasteiger partial charge in [0.05, 0.1) is 0 Å². The third-order valence-corrected chi connectivity index (χ3v) is 4.80. The summed E-state index contributed by atoms with van der Waals surface area (Å²) >= 11 is 0. The van der Waals surface area contributed by atoms with Crippen LogP contribution >= 0.6 is 0 Å². The van der Waals surface area contributed by atoms with Crippen molar-refractivity contribution in [3.8, 4) is 0 Å². The lowest BCUT2D eigenvalue weighted by molar-refractivity contribution is 0.0973. The number of likely N-dealkylation sites (tertiary alicyclic amines) is 1. The van der Waals surface area contributed by atoms with Crippen LogP contribution in [0.15, 0.2) is 0 Å². The first-order chi connectivity index (χ1) is 6.21. The Hall–Kier alpha value is -0.0800. The molecule has 0 aromatic heterocycles. The molecule has 0 amide bonds. The maximum Gasteiger partial charge on any atom is 0.0128 e. The van der Waals surface area contributed by atoms with Gasteiger partial charge in [-0.1, -0.05) is 0 Å². The van der Waals surface area contributed by atoms with Crippen LogP contribution in [0.3, 0.4) is 0 Å². The number of piperidine rings is 1. The van der Waals surface area contributed by atoms with E-state index in [0.717, 1.165) is 11.8 Å². The van der Waals surface area contributed by atoms with E-state index in [9.17, 15) is 0 Å². The Kier molecular flexibility index (Phi) is 1.58. The highest BCUT2D eigenvalue weighted by atomic mass is 15.1. The minimum Gasteiger partial charge on any atom is -0.327 e. The molecular weight excluding hydrogens is 160 g/mol. The van der Waals surface area contributed by atoms with Crippen LogP contribution in [0.5, 0.6) is 0 Å². The zero-order valence-corrected chi connectivity index (χ0v) is 8.50. The van der Waals surface area contributed by atoms with Gasteiger partial charge in [-0.2, -0.15) is 0 Å². The molecule has 2 nitrogen and oxygen atoms in total. The Balaban J connectivity index is 1.75. The second-order valence-corrected chi connectivity index (χ2v) is 5.56. The summed E-state index contributed by atoms with van der Waals surface area (Å²) < 4.78 is 0. The fourth-order valence-corrected chi connectivity index (χ4v) is 3.66. The van der Waals surface area contributed by atoms with Crippen molar-refractivity contribution in [3.05, 3.63) is 0 Å². The second-order valence-electron chi connectivity index (χ2n) is 5.56. The lowest BCUT2D eigenvalue weighted by atomic mass is 9.72. The van der Waals surface area contributed by atoms with Crippen LogP contribution in [-0.2, 0) is 0 Å². The summed E-state index contributed by atoms with van der Waals surface area (Å²) in [5.74, 6) is 1.95. The molecule has 3 atom stereocenters. The van der Waals surface area contributed by atoms with Gasteiger partial charge in [-0.15, -0.1) is 0 Å². The minimum absolute atomic E-state index is 0.547. The van der Waals surface area contributed by atoms with Gasteiger partial charge in [0, 0.05) is 6.04 Å². The molecule has 1 saturated heterocycles. The third-order valence-electron chi connectivity index (χ3n) is 4.80. The molecule has 0 radical (unpaired) electrons. The van der Waals surface area contributed by atoms with Crippen LogP contribution in [0.2, 0.25) is 0 Å². The Bertz CT molecular complexity index is 218. The molecule has 0 aromatic rings. The van der Waals surface area contributed by atoms with Crippen LogP contribution in [0.4, 0.5) is 0 Å². The first kappa shape index (κ1) is 8.25. The molecule has 3 rings (SSSR count). The van der Waals surface area contributed by atoms with Crippen LogP contribution in [0, 0.1) is 17.3 Å². The standard InChI is InChI=1S/C11H20N2/c1-13-4-2-11(3-5-13)7-8-6-9(8)10(11)12/h8-10H,2-7,12H2,1H3. The van der Waals surface area contributed by atoms with E-state index in [2.05, 4.69) is 11.9 Å². The van der Waals surface area contributed by atoms with Crippen LogP contribution in [-0.4, -0.2) is 31.1 Å². The molecule has 2 heteroatoms. The van der Waals surface area contributed by atoms with Crippen LogP contribution < -0.4 is 5.73 Å². The van der Waals surface area contributed by atoms with Gasteiger partial charge in [0.2, 0.25) is 0 Å². The molecule has 2 saturated carbocycles. The van der Waals surface area contributed by atoms with Gasteiger partial charge in [-0.25, -0.2) is 0 Å². The Morgan fingerprint density at radius 1 is 1.31 bits per heavy atom. The fourth-order valence-electron chi connectivity index (χ4n) is 3.66. The van der Waals surface area contributed by atoms with Crippen LogP contribution in [0.1, 0.15) is 25.7 Å². The number of fused-ring (bicyclic) bond motifs is 1. The number of nitrogens with two attached hydrogens (primary N) is 1. The van der Waals surface area contributed by atoms with E-state index in [-0.39, 0.29) is 0 Å². The monoisotopic (exact) mass is 180 g/mol. The van der Waals surface area contributed by atoms with Gasteiger partial charge >= 0.3 is 0 Å². The van der Waals surface area contributed by atoms with E-state index in [0.29, 0.717) is 11.5 Å². The van der Waals surface area contributed by atoms with Crippen molar-refractivity contribution < 1.29 is 0 Å². The molecule has 2 aliphatic carbocycles. The van der Waals surface area contributed by atoms with E-state index >= 15 is 0 Å². The van der Waals surface area contributed by atoms with Gasteiger partial charge in [-0.05, 0) is 63.1 Å². The highest BCUT2D eigenvalue weighted by Gasteiger charge is 2.59. The number of nitrogens with zero attached hydrogens (tertiary/aromatic N) is 1. The zero-order chi connectivity index (χ0) is 9.05. The Labute approximate surface area is 80.5 Å². The average Bonchev–Trinajstić information content (AvgIpc) is 2.82. The summed E-state index contributed by atoms with van der Waals surface area (Å²) in [4.78, 5) is 2.45. The minimum atomic E-state index is 0.547. The lowest BCUT2D eigenvalue weighted by Crippen LogP contribution is -2.47. The third kappa shape index (κ3) is 1.08. The molecule has 2 N–H and O–H groups in total. The maximum absolute atomic E-state index is 6.36. The van der Waals surface area contributed by atoms with E-state index in [4.69, 9.17) is 5.73 Å². The van der Waals surface area contributed by atoms with Crippen molar-refractivity contribution >= 4 is 0 Å². The zero-order valence-electron chi connectivity index (χ0n) is 8.50. The second kappa shape index (κ2) is 2.48. The number of hydrogen-bond acceptors (Lipinski definition) is 2. The van der Waals surface area contributed by atoms with Crippen molar-refractivity contribution in [2.75, 3.05) is 20.1 Å². The summed E-state index contributed by atoms with van der Waals surface area (Å²) in [7, 11) is 2.23. The Morgan fingerprint density at radius 3 is 2.54 bits per heavy atom. The molecule has 1 spiro atoms. The van der Waals surface area contributed by atoms with Gasteiger partial charge in [-0.3, -0.25) is 0 Å². The van der Waals surface area contributed by atoms with Crippen molar-refractivity contribution in [1.82, 2.24) is 4.90 Å². The molecule has 1 heterocycles. The van der Waals surface area contributed by atoms with Crippen molar-refractivity contribution in [1.29, 1.82) is 0 Å². The predicted molar refractivity (Wildman–Crippen MR) is 53.4 cm³/mol. The quantitative estimate of drug-likeness (QED) is 0.604. The molecule has 0 aromatic carbocycles. The van der Waals surface area contributed by atoms with E-state index < -0.39 is 0 Å².